The Bertz CT molecular complexity index is 839. The molecule has 0 aliphatic rings. The number of alkyl carbamates (subject to hydrolysis) is 1. The molecule has 0 heterocycles. The van der Waals surface area contributed by atoms with Crippen molar-refractivity contribution in [3.05, 3.63) is 70.8 Å². The molecule has 30 heavy (non-hydrogen) atoms. The maximum Gasteiger partial charge on any atom is 0.408 e. The number of aryl methyl sites for hydroxylation is 2. The van der Waals surface area contributed by atoms with E-state index in [1.807, 2.05) is 57.2 Å². The standard InChI is InChI=1S/C25H33NO4/c1-16-10-8-12-20(14-16)22(21-13-9-11-17(2)15-21)19(4)29-23(27)18(3)26-24(28)30-25(5,6)7/h8-15,18-19,22H,1-7H3,(H,26,28)/t18-,19-/m0/s1. The van der Waals surface area contributed by atoms with Gasteiger partial charge >= 0.3 is 12.1 Å². The van der Waals surface area contributed by atoms with E-state index in [4.69, 9.17) is 9.47 Å². The molecule has 0 radical (unpaired) electrons. The third-order valence-corrected chi connectivity index (χ3v) is 4.66. The highest BCUT2D eigenvalue weighted by Gasteiger charge is 2.28. The molecular weight excluding hydrogens is 378 g/mol. The van der Waals surface area contributed by atoms with Crippen LogP contribution >= 0.6 is 0 Å². The Labute approximate surface area is 179 Å². The first kappa shape index (κ1) is 23.5. The summed E-state index contributed by atoms with van der Waals surface area (Å²) in [6.07, 6.45) is -1.07. The quantitative estimate of drug-likeness (QED) is 0.657. The highest BCUT2D eigenvalue weighted by atomic mass is 16.6. The van der Waals surface area contributed by atoms with Crippen molar-refractivity contribution in [2.75, 3.05) is 0 Å². The Hall–Kier alpha value is -2.82. The van der Waals surface area contributed by atoms with Gasteiger partial charge in [-0.05, 0) is 59.6 Å². The molecule has 0 saturated carbocycles. The third-order valence-electron chi connectivity index (χ3n) is 4.66. The van der Waals surface area contributed by atoms with E-state index in [9.17, 15) is 9.59 Å². The molecule has 1 amide bonds. The zero-order valence-corrected chi connectivity index (χ0v) is 19.0. The number of nitrogens with one attached hydrogen (secondary N) is 1. The molecule has 0 aromatic heterocycles. The molecule has 162 valence electrons. The summed E-state index contributed by atoms with van der Waals surface area (Å²) in [6.45, 7) is 12.9. The van der Waals surface area contributed by atoms with Gasteiger partial charge in [-0.3, -0.25) is 0 Å². The molecule has 0 fully saturated rings. The van der Waals surface area contributed by atoms with Crippen molar-refractivity contribution in [2.24, 2.45) is 0 Å². The maximum absolute atomic E-state index is 12.7. The number of amides is 1. The van der Waals surface area contributed by atoms with Crippen molar-refractivity contribution in [1.29, 1.82) is 0 Å². The number of rotatable bonds is 6. The average Bonchev–Trinajstić information content (AvgIpc) is 2.60. The average molecular weight is 412 g/mol. The van der Waals surface area contributed by atoms with Gasteiger partial charge < -0.3 is 14.8 Å². The predicted molar refractivity (Wildman–Crippen MR) is 119 cm³/mol. The summed E-state index contributed by atoms with van der Waals surface area (Å²) in [4.78, 5) is 24.6. The summed E-state index contributed by atoms with van der Waals surface area (Å²) in [6, 6.07) is 15.6. The van der Waals surface area contributed by atoms with E-state index in [0.29, 0.717) is 0 Å². The summed E-state index contributed by atoms with van der Waals surface area (Å²) in [5.41, 5.74) is 3.80. The summed E-state index contributed by atoms with van der Waals surface area (Å²) in [5, 5.41) is 2.54. The lowest BCUT2D eigenvalue weighted by Crippen LogP contribution is -2.43. The number of esters is 1. The Balaban J connectivity index is 2.19. The number of hydrogen-bond acceptors (Lipinski definition) is 4. The van der Waals surface area contributed by atoms with Gasteiger partial charge in [0.25, 0.3) is 0 Å². The minimum atomic E-state index is -0.821. The van der Waals surface area contributed by atoms with Crippen LogP contribution in [-0.4, -0.2) is 29.8 Å². The van der Waals surface area contributed by atoms with E-state index in [1.165, 1.54) is 0 Å². The first-order valence-corrected chi connectivity index (χ1v) is 10.3. The minimum absolute atomic E-state index is 0.123. The molecule has 0 aliphatic heterocycles. The largest absolute Gasteiger partial charge is 0.460 e. The second-order valence-corrected chi connectivity index (χ2v) is 8.82. The predicted octanol–water partition coefficient (Wildman–Crippen LogP) is 5.28. The molecule has 2 atom stereocenters. The molecule has 0 bridgehead atoms. The van der Waals surface area contributed by atoms with Crippen LogP contribution in [0, 0.1) is 13.8 Å². The van der Waals surface area contributed by atoms with Crippen molar-refractivity contribution in [1.82, 2.24) is 5.32 Å². The van der Waals surface area contributed by atoms with Crippen LogP contribution in [0.5, 0.6) is 0 Å². The fraction of sp³-hybridized carbons (Fsp3) is 0.440. The molecule has 2 rings (SSSR count). The van der Waals surface area contributed by atoms with Gasteiger partial charge in [0.05, 0.1) is 0 Å². The van der Waals surface area contributed by atoms with Gasteiger partial charge in [-0.25, -0.2) is 9.59 Å². The van der Waals surface area contributed by atoms with Crippen molar-refractivity contribution >= 4 is 12.1 Å². The Morgan fingerprint density at radius 1 is 0.900 bits per heavy atom. The van der Waals surface area contributed by atoms with Crippen molar-refractivity contribution < 1.29 is 19.1 Å². The molecule has 1 N–H and O–H groups in total. The van der Waals surface area contributed by atoms with E-state index in [0.717, 1.165) is 22.3 Å². The Kier molecular flexibility index (Phi) is 7.65. The highest BCUT2D eigenvalue weighted by Crippen LogP contribution is 2.31. The second-order valence-electron chi connectivity index (χ2n) is 8.82. The lowest BCUT2D eigenvalue weighted by molar-refractivity contribution is -0.150. The van der Waals surface area contributed by atoms with Gasteiger partial charge in [-0.1, -0.05) is 59.7 Å². The molecular formula is C25H33NO4. The fourth-order valence-electron chi connectivity index (χ4n) is 3.36. The number of ether oxygens (including phenoxy) is 2. The minimum Gasteiger partial charge on any atom is -0.460 e. The molecule has 2 aromatic carbocycles. The Morgan fingerprint density at radius 3 is 1.83 bits per heavy atom. The van der Waals surface area contributed by atoms with E-state index in [1.54, 1.807) is 27.7 Å². The molecule has 5 nitrogen and oxygen atoms in total. The molecule has 0 aliphatic carbocycles. The van der Waals surface area contributed by atoms with Gasteiger partial charge in [0.2, 0.25) is 0 Å². The van der Waals surface area contributed by atoms with Crippen LogP contribution in [0.25, 0.3) is 0 Å². The van der Waals surface area contributed by atoms with Crippen LogP contribution in [0.15, 0.2) is 48.5 Å². The zero-order chi connectivity index (χ0) is 22.5. The van der Waals surface area contributed by atoms with Crippen molar-refractivity contribution in [3.8, 4) is 0 Å². The van der Waals surface area contributed by atoms with Crippen molar-refractivity contribution in [3.63, 3.8) is 0 Å². The van der Waals surface area contributed by atoms with Crippen LogP contribution < -0.4 is 5.32 Å². The maximum atomic E-state index is 12.7. The molecule has 5 heteroatoms. The van der Waals surface area contributed by atoms with Crippen LogP contribution in [0.4, 0.5) is 4.79 Å². The monoisotopic (exact) mass is 411 g/mol. The SMILES string of the molecule is Cc1cccc(C(c2cccc(C)c2)[C@H](C)OC(=O)[C@H](C)NC(=O)OC(C)(C)C)c1. The fourth-order valence-corrected chi connectivity index (χ4v) is 3.36. The normalized spacial score (nSPS) is 13.5. The van der Waals surface area contributed by atoms with Crippen LogP contribution in [0.2, 0.25) is 0 Å². The second kappa shape index (κ2) is 9.79. The topological polar surface area (TPSA) is 64.6 Å². The van der Waals surface area contributed by atoms with Gasteiger partial charge in [0.15, 0.2) is 0 Å². The lowest BCUT2D eigenvalue weighted by Gasteiger charge is -2.27. The highest BCUT2D eigenvalue weighted by molar-refractivity contribution is 5.81. The summed E-state index contributed by atoms with van der Waals surface area (Å²) in [5.74, 6) is -0.624. The number of carbonyl (C=O) groups excluding carboxylic acids is 2. The number of carbonyl (C=O) groups is 2. The first-order chi connectivity index (χ1) is 14.0. The third kappa shape index (κ3) is 6.90. The summed E-state index contributed by atoms with van der Waals surface area (Å²) < 4.78 is 11.0. The van der Waals surface area contributed by atoms with Gasteiger partial charge in [0, 0.05) is 5.92 Å². The van der Waals surface area contributed by atoms with E-state index in [2.05, 4.69) is 17.4 Å². The smallest absolute Gasteiger partial charge is 0.408 e. The number of hydrogen-bond donors (Lipinski definition) is 1. The van der Waals surface area contributed by atoms with Gasteiger partial charge in [0.1, 0.15) is 17.7 Å². The summed E-state index contributed by atoms with van der Waals surface area (Å²) in [7, 11) is 0. The van der Waals surface area contributed by atoms with Crippen molar-refractivity contribution in [2.45, 2.75) is 72.1 Å². The lowest BCUT2D eigenvalue weighted by atomic mass is 9.86. The molecule has 2 aromatic rings. The van der Waals surface area contributed by atoms with E-state index >= 15 is 0 Å². The molecule has 0 saturated heterocycles. The van der Waals surface area contributed by atoms with Gasteiger partial charge in [-0.2, -0.15) is 0 Å². The van der Waals surface area contributed by atoms with Crippen LogP contribution in [0.1, 0.15) is 62.8 Å². The summed E-state index contributed by atoms with van der Waals surface area (Å²) >= 11 is 0. The molecule has 0 spiro atoms. The number of benzene rings is 2. The zero-order valence-electron chi connectivity index (χ0n) is 19.0. The first-order valence-electron chi connectivity index (χ1n) is 10.3. The molecule has 0 unspecified atom stereocenters. The van der Waals surface area contributed by atoms with E-state index in [-0.39, 0.29) is 5.92 Å². The van der Waals surface area contributed by atoms with Crippen LogP contribution in [-0.2, 0) is 14.3 Å². The van der Waals surface area contributed by atoms with E-state index < -0.39 is 29.8 Å². The Morgan fingerprint density at radius 2 is 1.40 bits per heavy atom. The van der Waals surface area contributed by atoms with Gasteiger partial charge in [-0.15, -0.1) is 0 Å². The van der Waals surface area contributed by atoms with Crippen LogP contribution in [0.3, 0.4) is 0 Å².